The number of carbonyl (C=O) groups excluding carboxylic acids is 1. The Bertz CT molecular complexity index is 1150. The van der Waals surface area contributed by atoms with E-state index in [0.717, 1.165) is 4.85 Å². The number of methoxy groups -OCH3 is 1. The van der Waals surface area contributed by atoms with Gasteiger partial charge in [-0.1, -0.05) is 17.0 Å². The molecule has 0 spiro atoms. The van der Waals surface area contributed by atoms with Gasteiger partial charge in [-0.2, -0.15) is 4.72 Å². The molecule has 1 aromatic carbocycles. The zero-order valence-corrected chi connectivity index (χ0v) is 18.3. The zero-order chi connectivity index (χ0) is 23.0. The average molecular weight is 465 g/mol. The van der Waals surface area contributed by atoms with E-state index in [2.05, 4.69) is 20.0 Å². The summed E-state index contributed by atoms with van der Waals surface area (Å²) < 4.78 is 43.4. The first-order chi connectivity index (χ1) is 15.4. The summed E-state index contributed by atoms with van der Waals surface area (Å²) in [6.07, 6.45) is 0.896. The van der Waals surface area contributed by atoms with E-state index in [9.17, 15) is 13.2 Å². The molecular weight excluding hydrogens is 442 g/mol. The Hall–Kier alpha value is -3.13. The van der Waals surface area contributed by atoms with Crippen LogP contribution in [-0.2, 0) is 30.7 Å². The molecule has 1 N–H and O–H groups in total. The van der Waals surface area contributed by atoms with Crippen LogP contribution in [0.2, 0.25) is 0 Å². The first kappa shape index (κ1) is 23.5. The summed E-state index contributed by atoms with van der Waals surface area (Å²) >= 11 is 0. The van der Waals surface area contributed by atoms with Gasteiger partial charge in [0.05, 0.1) is 13.2 Å². The van der Waals surface area contributed by atoms with Crippen LogP contribution in [0.4, 0.5) is 4.79 Å². The summed E-state index contributed by atoms with van der Waals surface area (Å²) in [5, 5.41) is 7.60. The van der Waals surface area contributed by atoms with Crippen LogP contribution in [-0.4, -0.2) is 67.9 Å². The minimum Gasteiger partial charge on any atom is -0.432 e. The van der Waals surface area contributed by atoms with Crippen LogP contribution in [0.3, 0.4) is 0 Å². The van der Waals surface area contributed by atoms with Crippen molar-refractivity contribution in [2.24, 2.45) is 0 Å². The zero-order valence-electron chi connectivity index (χ0n) is 17.5. The van der Waals surface area contributed by atoms with Gasteiger partial charge in [0.15, 0.2) is 0 Å². The lowest BCUT2D eigenvalue weighted by atomic mass is 10.2. The van der Waals surface area contributed by atoms with Crippen LogP contribution < -0.4 is 9.56 Å². The number of hydrogen-bond acceptors (Lipinski definition) is 10. The minimum absolute atomic E-state index is 0.0494. The molecule has 2 aromatic heterocycles. The number of pyridine rings is 1. The first-order valence-electron chi connectivity index (χ1n) is 9.66. The normalized spacial score (nSPS) is 12.6. The van der Waals surface area contributed by atoms with Crippen LogP contribution in [0, 0.1) is 0 Å². The lowest BCUT2D eigenvalue weighted by molar-refractivity contribution is 0.00687. The van der Waals surface area contributed by atoms with E-state index in [0.29, 0.717) is 23.2 Å². The fourth-order valence-electron chi connectivity index (χ4n) is 2.73. The number of nitrogens with zero attached hydrogens (tertiary/aromatic N) is 4. The molecule has 2 heterocycles. The van der Waals surface area contributed by atoms with Gasteiger partial charge >= 0.3 is 6.16 Å². The predicted molar refractivity (Wildman–Crippen MR) is 111 cm³/mol. The molecule has 0 aliphatic carbocycles. The molecule has 3 aromatic rings. The number of benzene rings is 1. The quantitative estimate of drug-likeness (QED) is 0.247. The van der Waals surface area contributed by atoms with E-state index in [1.54, 1.807) is 31.2 Å². The predicted octanol–water partition coefficient (Wildman–Crippen LogP) is 0.922. The van der Waals surface area contributed by atoms with Crippen molar-refractivity contribution in [3.8, 4) is 0 Å². The maximum Gasteiger partial charge on any atom is 0.535 e. The van der Waals surface area contributed by atoms with Gasteiger partial charge in [0.2, 0.25) is 10.0 Å². The van der Waals surface area contributed by atoms with Gasteiger partial charge in [0, 0.05) is 32.5 Å². The number of carbonyl (C=O) groups is 1. The van der Waals surface area contributed by atoms with Crippen molar-refractivity contribution in [1.82, 2.24) is 24.9 Å². The van der Waals surface area contributed by atoms with Gasteiger partial charge in [-0.3, -0.25) is 9.82 Å². The minimum atomic E-state index is -3.96. The Kier molecular flexibility index (Phi) is 8.05. The van der Waals surface area contributed by atoms with Gasteiger partial charge in [-0.15, -0.1) is 5.10 Å². The maximum absolute atomic E-state index is 12.8. The summed E-state index contributed by atoms with van der Waals surface area (Å²) in [7, 11) is -2.59. The van der Waals surface area contributed by atoms with Gasteiger partial charge in [0.25, 0.3) is 0 Å². The standard InChI is InChI=1S/C19H23N5O7S/c1-3-29-13-18(28-2)22-32(26,27)17-12-20-10-8-14(17)9-11-30-19(25)31-24-16-7-5-4-6-15(16)21-23-24/h4-8,10,12,18,22H,3,9,11,13H2,1-2H3. The smallest absolute Gasteiger partial charge is 0.432 e. The van der Waals surface area contributed by atoms with Crippen molar-refractivity contribution < 1.29 is 32.3 Å². The summed E-state index contributed by atoms with van der Waals surface area (Å²) in [6, 6.07) is 8.45. The Labute approximate surface area is 184 Å². The Morgan fingerprint density at radius 1 is 1.25 bits per heavy atom. The molecule has 0 radical (unpaired) electrons. The molecule has 1 unspecified atom stereocenters. The second-order valence-electron chi connectivity index (χ2n) is 6.38. The lowest BCUT2D eigenvalue weighted by Crippen LogP contribution is -2.40. The molecule has 1 atom stereocenters. The highest BCUT2D eigenvalue weighted by Gasteiger charge is 2.23. The number of fused-ring (bicyclic) bond motifs is 1. The van der Waals surface area contributed by atoms with E-state index in [1.165, 1.54) is 25.6 Å². The van der Waals surface area contributed by atoms with Crippen molar-refractivity contribution in [3.63, 3.8) is 0 Å². The highest BCUT2D eigenvalue weighted by Crippen LogP contribution is 2.16. The van der Waals surface area contributed by atoms with Crippen molar-refractivity contribution in [2.75, 3.05) is 26.9 Å². The highest BCUT2D eigenvalue weighted by atomic mass is 32.2. The van der Waals surface area contributed by atoms with E-state index >= 15 is 0 Å². The topological polar surface area (TPSA) is 144 Å². The molecule has 0 aliphatic rings. The SMILES string of the molecule is CCOCC(NS(=O)(=O)c1cnccc1CCOC(=O)On1nnc2ccccc21)OC. The van der Waals surface area contributed by atoms with Crippen LogP contribution in [0.25, 0.3) is 11.0 Å². The summed E-state index contributed by atoms with van der Waals surface area (Å²) in [5.41, 5.74) is 1.45. The Morgan fingerprint density at radius 2 is 2.06 bits per heavy atom. The van der Waals surface area contributed by atoms with E-state index in [-0.39, 0.29) is 24.5 Å². The van der Waals surface area contributed by atoms with Crippen molar-refractivity contribution >= 4 is 27.2 Å². The molecule has 0 amide bonds. The summed E-state index contributed by atoms with van der Waals surface area (Å²) in [4.78, 5) is 21.8. The van der Waals surface area contributed by atoms with E-state index in [1.807, 2.05) is 0 Å². The number of para-hydroxylation sites is 1. The van der Waals surface area contributed by atoms with Gasteiger partial charge < -0.3 is 14.2 Å². The van der Waals surface area contributed by atoms with Crippen molar-refractivity contribution in [2.45, 2.75) is 24.5 Å². The Morgan fingerprint density at radius 3 is 2.84 bits per heavy atom. The highest BCUT2D eigenvalue weighted by molar-refractivity contribution is 7.89. The number of aromatic nitrogens is 4. The monoisotopic (exact) mass is 465 g/mol. The van der Waals surface area contributed by atoms with Crippen molar-refractivity contribution in [1.29, 1.82) is 0 Å². The molecule has 0 saturated heterocycles. The fourth-order valence-corrected chi connectivity index (χ4v) is 4.08. The summed E-state index contributed by atoms with van der Waals surface area (Å²) in [5.74, 6) is 0. The van der Waals surface area contributed by atoms with Crippen LogP contribution in [0.5, 0.6) is 0 Å². The van der Waals surface area contributed by atoms with Crippen LogP contribution in [0.15, 0.2) is 47.6 Å². The molecule has 0 saturated carbocycles. The molecule has 3 rings (SSSR count). The number of rotatable bonds is 11. The molecule has 0 bridgehead atoms. The fraction of sp³-hybridized carbons (Fsp3) is 0.368. The van der Waals surface area contributed by atoms with E-state index in [4.69, 9.17) is 19.0 Å². The molecule has 172 valence electrons. The molecular formula is C19H23N5O7S. The molecule has 13 heteroatoms. The first-order valence-corrected chi connectivity index (χ1v) is 11.1. The number of ether oxygens (including phenoxy) is 3. The molecule has 0 fully saturated rings. The number of sulfonamides is 1. The molecule has 12 nitrogen and oxygen atoms in total. The number of nitrogens with one attached hydrogen (secondary N) is 1. The largest absolute Gasteiger partial charge is 0.535 e. The summed E-state index contributed by atoms with van der Waals surface area (Å²) in [6.45, 7) is 2.12. The third kappa shape index (κ3) is 5.97. The van der Waals surface area contributed by atoms with Gasteiger partial charge in [0.1, 0.15) is 22.2 Å². The average Bonchev–Trinajstić information content (AvgIpc) is 3.19. The van der Waals surface area contributed by atoms with Crippen LogP contribution >= 0.6 is 0 Å². The van der Waals surface area contributed by atoms with Crippen molar-refractivity contribution in [3.05, 3.63) is 48.3 Å². The number of hydrogen-bond donors (Lipinski definition) is 1. The third-order valence-corrected chi connectivity index (χ3v) is 5.80. The Balaban J connectivity index is 1.60. The third-order valence-electron chi connectivity index (χ3n) is 4.28. The van der Waals surface area contributed by atoms with E-state index < -0.39 is 22.4 Å². The second-order valence-corrected chi connectivity index (χ2v) is 8.06. The maximum atomic E-state index is 12.8. The van der Waals surface area contributed by atoms with Gasteiger partial charge in [-0.05, 0) is 35.9 Å². The molecule has 0 aliphatic heterocycles. The second kappa shape index (κ2) is 10.9. The lowest BCUT2D eigenvalue weighted by Gasteiger charge is -2.18. The van der Waals surface area contributed by atoms with Crippen LogP contribution in [0.1, 0.15) is 12.5 Å². The van der Waals surface area contributed by atoms with Gasteiger partial charge in [-0.25, -0.2) is 13.2 Å². The molecule has 32 heavy (non-hydrogen) atoms.